The second-order valence-corrected chi connectivity index (χ2v) is 4.64. The van der Waals surface area contributed by atoms with E-state index in [1.807, 2.05) is 0 Å². The average Bonchev–Trinajstić information content (AvgIpc) is 2.08. The number of nitrogens with one attached hydrogen (secondary N) is 1. The molecular weight excluding hydrogens is 207 g/mol. The van der Waals surface area contributed by atoms with Gasteiger partial charge < -0.3 is 5.73 Å². The number of amidine groups is 1. The predicted molar refractivity (Wildman–Crippen MR) is 57.2 cm³/mol. The quantitative estimate of drug-likeness (QED) is 0.464. The van der Waals surface area contributed by atoms with Crippen LogP contribution in [0.25, 0.3) is 0 Å². The van der Waals surface area contributed by atoms with Gasteiger partial charge in [-0.25, -0.2) is 4.39 Å². The summed E-state index contributed by atoms with van der Waals surface area (Å²) in [6.07, 6.45) is 0. The van der Waals surface area contributed by atoms with E-state index in [1.165, 1.54) is 16.9 Å². The number of rotatable bonds is 3. The first-order chi connectivity index (χ1) is 6.20. The molecule has 0 heterocycles. The molecule has 2 nitrogen and oxygen atoms in total. The zero-order chi connectivity index (χ0) is 9.68. The van der Waals surface area contributed by atoms with Crippen molar-refractivity contribution in [3.63, 3.8) is 0 Å². The van der Waals surface area contributed by atoms with Crippen molar-refractivity contribution in [1.29, 1.82) is 5.41 Å². The third-order valence-corrected chi connectivity index (χ3v) is 3.29. The summed E-state index contributed by atoms with van der Waals surface area (Å²) in [5.74, 6) is 0.316. The molecule has 70 valence electrons. The van der Waals surface area contributed by atoms with Crippen molar-refractivity contribution >= 4 is 26.8 Å². The van der Waals surface area contributed by atoms with Gasteiger partial charge in [0, 0.05) is 5.75 Å². The average molecular weight is 216 g/mol. The minimum Gasteiger partial charge on any atom is -0.378 e. The highest BCUT2D eigenvalue weighted by molar-refractivity contribution is 8.81. The maximum atomic E-state index is 13.0. The molecule has 0 atom stereocenters. The van der Waals surface area contributed by atoms with Crippen molar-refractivity contribution < 1.29 is 4.39 Å². The van der Waals surface area contributed by atoms with E-state index in [0.717, 1.165) is 10.8 Å². The Hall–Kier alpha value is -0.680. The van der Waals surface area contributed by atoms with E-state index < -0.39 is 0 Å². The van der Waals surface area contributed by atoms with Crippen LogP contribution in [0.3, 0.4) is 0 Å². The van der Waals surface area contributed by atoms with E-state index >= 15 is 0 Å². The fourth-order valence-electron chi connectivity index (χ4n) is 0.772. The van der Waals surface area contributed by atoms with E-state index in [-0.39, 0.29) is 11.0 Å². The molecule has 13 heavy (non-hydrogen) atoms. The van der Waals surface area contributed by atoms with Gasteiger partial charge in [-0.3, -0.25) is 5.41 Å². The molecule has 0 amide bonds. The van der Waals surface area contributed by atoms with Crippen LogP contribution in [0.1, 0.15) is 5.56 Å². The monoisotopic (exact) mass is 216 g/mol. The van der Waals surface area contributed by atoms with Gasteiger partial charge in [0.05, 0.1) is 0 Å². The van der Waals surface area contributed by atoms with Gasteiger partial charge in [0.1, 0.15) is 5.82 Å². The normalized spacial score (nSPS) is 9.92. The fraction of sp³-hybridized carbons (Fsp3) is 0.125. The van der Waals surface area contributed by atoms with Crippen LogP contribution in [0.15, 0.2) is 24.3 Å². The van der Waals surface area contributed by atoms with E-state index in [4.69, 9.17) is 11.1 Å². The lowest BCUT2D eigenvalue weighted by atomic mass is 10.2. The van der Waals surface area contributed by atoms with Crippen molar-refractivity contribution in [2.75, 3.05) is 0 Å². The lowest BCUT2D eigenvalue weighted by molar-refractivity contribution is 0.617. The van der Waals surface area contributed by atoms with Crippen molar-refractivity contribution in [2.45, 2.75) is 5.75 Å². The van der Waals surface area contributed by atoms with Crippen molar-refractivity contribution in [2.24, 2.45) is 5.73 Å². The Morgan fingerprint density at radius 1 is 1.46 bits per heavy atom. The van der Waals surface area contributed by atoms with Gasteiger partial charge in [-0.1, -0.05) is 29.0 Å². The van der Waals surface area contributed by atoms with Gasteiger partial charge >= 0.3 is 0 Å². The van der Waals surface area contributed by atoms with Crippen LogP contribution in [0.2, 0.25) is 0 Å². The fourth-order valence-corrected chi connectivity index (χ4v) is 2.26. The van der Waals surface area contributed by atoms with E-state index in [0.29, 0.717) is 11.3 Å². The topological polar surface area (TPSA) is 49.9 Å². The Balaban J connectivity index is 2.45. The molecule has 0 aliphatic heterocycles. The maximum absolute atomic E-state index is 13.0. The van der Waals surface area contributed by atoms with Gasteiger partial charge in [-0.2, -0.15) is 0 Å². The molecule has 1 aromatic rings. The summed E-state index contributed by atoms with van der Waals surface area (Å²) in [7, 11) is 2.50. The van der Waals surface area contributed by atoms with Gasteiger partial charge in [-0.05, 0) is 22.4 Å². The highest BCUT2D eigenvalue weighted by Crippen LogP contribution is 2.26. The molecular formula is C8H9FN2S2. The van der Waals surface area contributed by atoms with Crippen molar-refractivity contribution in [3.05, 3.63) is 35.6 Å². The van der Waals surface area contributed by atoms with E-state index in [2.05, 4.69) is 0 Å². The number of benzene rings is 1. The molecule has 0 saturated heterocycles. The Morgan fingerprint density at radius 2 is 2.15 bits per heavy atom. The molecule has 1 aromatic carbocycles. The van der Waals surface area contributed by atoms with E-state index in [1.54, 1.807) is 18.2 Å². The largest absolute Gasteiger partial charge is 0.378 e. The number of hydrogen-bond donors (Lipinski definition) is 2. The van der Waals surface area contributed by atoms with Crippen LogP contribution in [0, 0.1) is 11.2 Å². The maximum Gasteiger partial charge on any atom is 0.161 e. The molecule has 0 aliphatic rings. The highest BCUT2D eigenvalue weighted by Gasteiger charge is 2.00. The lowest BCUT2D eigenvalue weighted by Gasteiger charge is -2.00. The molecule has 0 spiro atoms. The van der Waals surface area contributed by atoms with Crippen LogP contribution < -0.4 is 5.73 Å². The van der Waals surface area contributed by atoms with Crippen molar-refractivity contribution in [1.82, 2.24) is 0 Å². The Kier molecular flexibility index (Phi) is 4.11. The summed E-state index contributed by atoms with van der Waals surface area (Å²) >= 11 is 0. The Bertz CT molecular complexity index is 304. The smallest absolute Gasteiger partial charge is 0.161 e. The van der Waals surface area contributed by atoms with Crippen LogP contribution in [0.4, 0.5) is 4.39 Å². The number of hydrogen-bond acceptors (Lipinski definition) is 3. The Labute approximate surface area is 84.0 Å². The second kappa shape index (κ2) is 5.14. The SMILES string of the molecule is N=C(N)SSCc1ccccc1F. The van der Waals surface area contributed by atoms with Crippen LogP contribution in [0.5, 0.6) is 0 Å². The molecule has 0 fully saturated rings. The van der Waals surface area contributed by atoms with Crippen molar-refractivity contribution in [3.8, 4) is 0 Å². The number of halogens is 1. The predicted octanol–water partition coefficient (Wildman–Crippen LogP) is 2.60. The first-order valence-corrected chi connectivity index (χ1v) is 5.89. The zero-order valence-corrected chi connectivity index (χ0v) is 8.42. The summed E-state index contributed by atoms with van der Waals surface area (Å²) in [4.78, 5) is 0. The molecule has 0 radical (unpaired) electrons. The summed E-state index contributed by atoms with van der Waals surface area (Å²) in [6.45, 7) is 0. The molecule has 1 rings (SSSR count). The first kappa shape index (κ1) is 10.4. The molecule has 0 saturated carbocycles. The van der Waals surface area contributed by atoms with Gasteiger partial charge in [0.2, 0.25) is 0 Å². The van der Waals surface area contributed by atoms with Gasteiger partial charge in [0.25, 0.3) is 0 Å². The second-order valence-electron chi connectivity index (χ2n) is 2.30. The third kappa shape index (κ3) is 3.69. The standard InChI is InChI=1S/C8H9FN2S2/c9-7-4-2-1-3-6(7)5-12-13-8(10)11/h1-4H,5H2,(H3,10,11). The first-order valence-electron chi connectivity index (χ1n) is 3.57. The highest BCUT2D eigenvalue weighted by atomic mass is 33.1. The van der Waals surface area contributed by atoms with Gasteiger partial charge in [-0.15, -0.1) is 0 Å². The summed E-state index contributed by atoms with van der Waals surface area (Å²) in [5, 5.41) is 6.98. The zero-order valence-electron chi connectivity index (χ0n) is 6.79. The summed E-state index contributed by atoms with van der Waals surface area (Å²) in [6, 6.07) is 6.59. The van der Waals surface area contributed by atoms with Gasteiger partial charge in [0.15, 0.2) is 5.17 Å². The molecule has 0 aliphatic carbocycles. The van der Waals surface area contributed by atoms with Crippen LogP contribution in [-0.4, -0.2) is 5.17 Å². The summed E-state index contributed by atoms with van der Waals surface area (Å²) in [5.41, 5.74) is 5.77. The minimum atomic E-state index is -0.209. The van der Waals surface area contributed by atoms with Crippen LogP contribution >= 0.6 is 21.6 Å². The third-order valence-electron chi connectivity index (χ3n) is 1.32. The lowest BCUT2D eigenvalue weighted by Crippen LogP contribution is -2.01. The molecule has 0 unspecified atom stereocenters. The molecule has 0 aromatic heterocycles. The van der Waals surface area contributed by atoms with E-state index in [9.17, 15) is 4.39 Å². The minimum absolute atomic E-state index is 0.0429. The molecule has 3 N–H and O–H groups in total. The summed E-state index contributed by atoms with van der Waals surface area (Å²) < 4.78 is 13.0. The van der Waals surface area contributed by atoms with Crippen LogP contribution in [-0.2, 0) is 5.75 Å². The molecule has 0 bridgehead atoms. The number of nitrogens with two attached hydrogens (primary N) is 1. The Morgan fingerprint density at radius 3 is 2.77 bits per heavy atom. The molecule has 5 heteroatoms.